The minimum absolute atomic E-state index is 0.0139. The molecule has 0 spiro atoms. The van der Waals surface area contributed by atoms with Crippen molar-refractivity contribution < 1.29 is 9.59 Å². The number of hydrogen-bond donors (Lipinski definition) is 1. The maximum atomic E-state index is 12.4. The summed E-state index contributed by atoms with van der Waals surface area (Å²) in [5, 5.41) is 0.357. The van der Waals surface area contributed by atoms with E-state index in [4.69, 9.17) is 5.73 Å². The van der Waals surface area contributed by atoms with E-state index in [9.17, 15) is 9.59 Å². The Morgan fingerprint density at radius 3 is 2.65 bits per heavy atom. The van der Waals surface area contributed by atoms with E-state index < -0.39 is 0 Å². The zero-order valence-electron chi connectivity index (χ0n) is 11.7. The molecular formula is C14H19N3O2S. The Bertz CT molecular complexity index is 500. The van der Waals surface area contributed by atoms with Crippen molar-refractivity contribution in [2.75, 3.05) is 5.73 Å². The van der Waals surface area contributed by atoms with Gasteiger partial charge in [0.15, 0.2) is 0 Å². The van der Waals surface area contributed by atoms with Crippen molar-refractivity contribution in [3.8, 4) is 0 Å². The van der Waals surface area contributed by atoms with E-state index in [1.54, 1.807) is 18.3 Å². The van der Waals surface area contributed by atoms with E-state index in [0.29, 0.717) is 5.69 Å². The lowest BCUT2D eigenvalue weighted by molar-refractivity contribution is -0.141. The van der Waals surface area contributed by atoms with E-state index >= 15 is 0 Å². The normalized spacial score (nSPS) is 19.1. The molecule has 0 saturated carbocycles. The van der Waals surface area contributed by atoms with Crippen LogP contribution >= 0.6 is 11.8 Å². The largest absolute Gasteiger partial charge is 0.397 e. The summed E-state index contributed by atoms with van der Waals surface area (Å²) >= 11 is 1.34. The summed E-state index contributed by atoms with van der Waals surface area (Å²) in [6, 6.07) is 3.53. The van der Waals surface area contributed by atoms with Crippen LogP contribution in [0.3, 0.4) is 0 Å². The maximum Gasteiger partial charge on any atom is 0.243 e. The van der Waals surface area contributed by atoms with Crippen LogP contribution in [0.2, 0.25) is 0 Å². The molecule has 1 aliphatic rings. The molecule has 5 nitrogen and oxygen atoms in total. The highest BCUT2D eigenvalue weighted by atomic mass is 32.2. The predicted molar refractivity (Wildman–Crippen MR) is 79.1 cm³/mol. The third-order valence-electron chi connectivity index (χ3n) is 3.47. The molecule has 1 fully saturated rings. The van der Waals surface area contributed by atoms with Crippen molar-refractivity contribution in [2.45, 2.75) is 49.4 Å². The molecule has 2 N–H and O–H groups in total. The Labute approximate surface area is 122 Å². The molecule has 1 aromatic rings. The van der Waals surface area contributed by atoms with Gasteiger partial charge in [0, 0.05) is 12.5 Å². The van der Waals surface area contributed by atoms with Gasteiger partial charge in [-0.2, -0.15) is 0 Å². The Kier molecular flexibility index (Phi) is 4.65. The summed E-state index contributed by atoms with van der Waals surface area (Å²) < 4.78 is 0. The summed E-state index contributed by atoms with van der Waals surface area (Å²) in [4.78, 5) is 30.0. The molecular weight excluding hydrogens is 274 g/mol. The molecule has 0 radical (unpaired) electrons. The fraction of sp³-hybridized carbons (Fsp3) is 0.500. The Balaban J connectivity index is 2.09. The first kappa shape index (κ1) is 14.8. The number of pyridine rings is 1. The Morgan fingerprint density at radius 1 is 1.40 bits per heavy atom. The number of nitrogen functional groups attached to an aromatic ring is 1. The monoisotopic (exact) mass is 293 g/mol. The van der Waals surface area contributed by atoms with Crippen LogP contribution in [0.15, 0.2) is 23.4 Å². The summed E-state index contributed by atoms with van der Waals surface area (Å²) in [7, 11) is 0. The molecule has 108 valence electrons. The number of nitrogens with two attached hydrogens (primary N) is 1. The lowest BCUT2D eigenvalue weighted by Crippen LogP contribution is -2.40. The average molecular weight is 293 g/mol. The number of aromatic nitrogens is 1. The van der Waals surface area contributed by atoms with Gasteiger partial charge < -0.3 is 5.73 Å². The number of hydrogen-bond acceptors (Lipinski definition) is 5. The van der Waals surface area contributed by atoms with Crippen LogP contribution in [-0.4, -0.2) is 33.0 Å². The molecule has 2 heterocycles. The molecule has 0 bridgehead atoms. The molecule has 1 atom stereocenters. The number of thioether (sulfide) groups is 1. The minimum Gasteiger partial charge on any atom is -0.397 e. The Hall–Kier alpha value is -1.56. The van der Waals surface area contributed by atoms with Crippen LogP contribution in [0, 0.1) is 0 Å². The summed E-state index contributed by atoms with van der Waals surface area (Å²) in [5.41, 5.74) is 6.17. The van der Waals surface area contributed by atoms with Gasteiger partial charge in [0.1, 0.15) is 0 Å². The second kappa shape index (κ2) is 6.26. The van der Waals surface area contributed by atoms with Crippen molar-refractivity contribution in [1.82, 2.24) is 9.88 Å². The minimum atomic E-state index is -0.362. The van der Waals surface area contributed by atoms with Gasteiger partial charge in [-0.3, -0.25) is 14.5 Å². The lowest BCUT2D eigenvalue weighted by atomic mass is 10.1. The average Bonchev–Trinajstić information content (AvgIpc) is 2.71. The standard InChI is InChI=1S/C14H19N3O2S/c1-3-10(4-2)17-13(18)7-11(14(17)19)20-12-6-5-9(15)8-16-12/h5-6,8,10-11H,3-4,7,15H2,1-2H3. The highest BCUT2D eigenvalue weighted by Gasteiger charge is 2.41. The first-order valence-corrected chi connectivity index (χ1v) is 7.68. The number of likely N-dealkylation sites (tertiary alicyclic amines) is 1. The van der Waals surface area contributed by atoms with Crippen LogP contribution in [0.25, 0.3) is 0 Å². The highest BCUT2D eigenvalue weighted by molar-refractivity contribution is 8.00. The van der Waals surface area contributed by atoms with Crippen LogP contribution in [0.4, 0.5) is 5.69 Å². The van der Waals surface area contributed by atoms with Gasteiger partial charge in [0.2, 0.25) is 11.8 Å². The SMILES string of the molecule is CCC(CC)N1C(=O)CC(Sc2ccc(N)cn2)C1=O. The van der Waals surface area contributed by atoms with E-state index in [1.807, 2.05) is 13.8 Å². The van der Waals surface area contributed by atoms with Crippen molar-refractivity contribution in [3.63, 3.8) is 0 Å². The first-order chi connectivity index (χ1) is 9.56. The van der Waals surface area contributed by atoms with Crippen LogP contribution in [0.5, 0.6) is 0 Å². The number of amides is 2. The number of nitrogens with zero attached hydrogens (tertiary/aromatic N) is 2. The Morgan fingerprint density at radius 2 is 2.10 bits per heavy atom. The smallest absolute Gasteiger partial charge is 0.243 e. The van der Waals surface area contributed by atoms with Crippen molar-refractivity contribution >= 4 is 29.3 Å². The van der Waals surface area contributed by atoms with Crippen LogP contribution in [0.1, 0.15) is 33.1 Å². The quantitative estimate of drug-likeness (QED) is 0.841. The zero-order chi connectivity index (χ0) is 14.7. The number of rotatable bonds is 5. The molecule has 0 aliphatic carbocycles. The lowest BCUT2D eigenvalue weighted by Gasteiger charge is -2.24. The number of imide groups is 1. The van der Waals surface area contributed by atoms with Gasteiger partial charge in [0.25, 0.3) is 0 Å². The van der Waals surface area contributed by atoms with Gasteiger partial charge in [0.05, 0.1) is 22.2 Å². The van der Waals surface area contributed by atoms with Gasteiger partial charge in [-0.05, 0) is 25.0 Å². The van der Waals surface area contributed by atoms with E-state index in [1.165, 1.54) is 16.7 Å². The zero-order valence-corrected chi connectivity index (χ0v) is 12.5. The van der Waals surface area contributed by atoms with Gasteiger partial charge >= 0.3 is 0 Å². The van der Waals surface area contributed by atoms with Crippen molar-refractivity contribution in [3.05, 3.63) is 18.3 Å². The first-order valence-electron chi connectivity index (χ1n) is 6.80. The van der Waals surface area contributed by atoms with Crippen molar-refractivity contribution in [1.29, 1.82) is 0 Å². The summed E-state index contributed by atoms with van der Waals surface area (Å²) in [6.07, 6.45) is 3.41. The second-order valence-corrected chi connectivity index (χ2v) is 6.04. The molecule has 0 aromatic carbocycles. The van der Waals surface area contributed by atoms with E-state index in [-0.39, 0.29) is 29.5 Å². The number of anilines is 1. The molecule has 1 aromatic heterocycles. The molecule has 1 unspecified atom stereocenters. The van der Waals surface area contributed by atoms with Crippen LogP contribution < -0.4 is 5.73 Å². The fourth-order valence-corrected chi connectivity index (χ4v) is 3.35. The fourth-order valence-electron chi connectivity index (χ4n) is 2.36. The number of carbonyl (C=O) groups is 2. The molecule has 6 heteroatoms. The molecule has 2 amide bonds. The van der Waals surface area contributed by atoms with Gasteiger partial charge in [-0.1, -0.05) is 25.6 Å². The topological polar surface area (TPSA) is 76.3 Å². The van der Waals surface area contributed by atoms with E-state index in [2.05, 4.69) is 4.98 Å². The maximum absolute atomic E-state index is 12.4. The molecule has 1 saturated heterocycles. The summed E-state index contributed by atoms with van der Waals surface area (Å²) in [5.74, 6) is -0.163. The van der Waals surface area contributed by atoms with E-state index in [0.717, 1.165) is 17.9 Å². The number of carbonyl (C=O) groups excluding carboxylic acids is 2. The van der Waals surface area contributed by atoms with Crippen molar-refractivity contribution in [2.24, 2.45) is 0 Å². The molecule has 20 heavy (non-hydrogen) atoms. The third-order valence-corrected chi connectivity index (χ3v) is 4.61. The summed E-state index contributed by atoms with van der Waals surface area (Å²) in [6.45, 7) is 3.99. The molecule has 1 aliphatic heterocycles. The second-order valence-electron chi connectivity index (χ2n) is 4.81. The van der Waals surface area contributed by atoms with Crippen LogP contribution in [-0.2, 0) is 9.59 Å². The molecule has 2 rings (SSSR count). The van der Waals surface area contributed by atoms with Gasteiger partial charge in [-0.25, -0.2) is 4.98 Å². The van der Waals surface area contributed by atoms with Gasteiger partial charge in [-0.15, -0.1) is 0 Å². The predicted octanol–water partition coefficient (Wildman–Crippen LogP) is 2.07. The third kappa shape index (κ3) is 2.95. The highest BCUT2D eigenvalue weighted by Crippen LogP contribution is 2.32.